The number of amides is 1. The van der Waals surface area contributed by atoms with E-state index in [0.717, 1.165) is 38.3 Å². The predicted molar refractivity (Wildman–Crippen MR) is 101 cm³/mol. The van der Waals surface area contributed by atoms with Crippen LogP contribution in [0.3, 0.4) is 0 Å². The zero-order chi connectivity index (χ0) is 18.4. The van der Waals surface area contributed by atoms with E-state index in [1.807, 2.05) is 24.1 Å². The van der Waals surface area contributed by atoms with E-state index in [4.69, 9.17) is 5.26 Å². The second-order valence-electron chi connectivity index (χ2n) is 7.96. The number of nitriles is 1. The van der Waals surface area contributed by atoms with E-state index in [0.29, 0.717) is 18.5 Å². The summed E-state index contributed by atoms with van der Waals surface area (Å²) in [6.45, 7) is 6.00. The van der Waals surface area contributed by atoms with Gasteiger partial charge in [0, 0.05) is 18.7 Å². The van der Waals surface area contributed by atoms with Crippen LogP contribution in [0.15, 0.2) is 24.3 Å². The van der Waals surface area contributed by atoms with E-state index in [2.05, 4.69) is 18.2 Å². The van der Waals surface area contributed by atoms with Crippen molar-refractivity contribution >= 4 is 5.91 Å². The van der Waals surface area contributed by atoms with Crippen molar-refractivity contribution in [2.45, 2.75) is 44.7 Å². The second-order valence-corrected chi connectivity index (χ2v) is 7.96. The summed E-state index contributed by atoms with van der Waals surface area (Å²) >= 11 is 0. The second kappa shape index (κ2) is 9.16. The Hall–Kier alpha value is -1.90. The summed E-state index contributed by atoms with van der Waals surface area (Å²) < 4.78 is 0. The summed E-state index contributed by atoms with van der Waals surface area (Å²) in [4.78, 5) is 17.7. The van der Waals surface area contributed by atoms with E-state index in [9.17, 15) is 4.79 Å². The molecule has 2 fully saturated rings. The molecule has 0 spiro atoms. The molecule has 0 atom stereocenters. The van der Waals surface area contributed by atoms with Crippen LogP contribution in [0.25, 0.3) is 0 Å². The molecule has 0 radical (unpaired) electrons. The van der Waals surface area contributed by atoms with Gasteiger partial charge in [-0.25, -0.2) is 0 Å². The summed E-state index contributed by atoms with van der Waals surface area (Å²) in [5.74, 6) is 0.322. The maximum atomic E-state index is 12.6. The number of nitrogens with one attached hydrogen (secondary N) is 2. The summed E-state index contributed by atoms with van der Waals surface area (Å²) in [5.41, 5.74) is 2.01. The van der Waals surface area contributed by atoms with Crippen LogP contribution in [0.2, 0.25) is 0 Å². The molecule has 5 nitrogen and oxygen atoms in total. The highest BCUT2D eigenvalue weighted by Gasteiger charge is 2.28. The fourth-order valence-electron chi connectivity index (χ4n) is 4.31. The van der Waals surface area contributed by atoms with Crippen molar-refractivity contribution in [3.8, 4) is 6.07 Å². The van der Waals surface area contributed by atoms with Crippen molar-refractivity contribution in [2.24, 2.45) is 0 Å². The summed E-state index contributed by atoms with van der Waals surface area (Å²) in [6.07, 6.45) is 6.23. The Labute approximate surface area is 157 Å². The molecular formula is C21H32N4O+2. The molecule has 0 unspecified atom stereocenters. The summed E-state index contributed by atoms with van der Waals surface area (Å²) in [5, 5.41) is 8.88. The van der Waals surface area contributed by atoms with Gasteiger partial charge in [-0.15, -0.1) is 0 Å². The minimum Gasteiger partial charge on any atom is -0.338 e. The third kappa shape index (κ3) is 5.06. The Balaban J connectivity index is 1.41. The number of piperazine rings is 1. The topological polar surface area (TPSA) is 53.0 Å². The Morgan fingerprint density at radius 3 is 2.31 bits per heavy atom. The van der Waals surface area contributed by atoms with Crippen molar-refractivity contribution in [1.82, 2.24) is 4.90 Å². The predicted octanol–water partition coefficient (Wildman–Crippen LogP) is -0.367. The quantitative estimate of drug-likeness (QED) is 0.757. The number of hydrogen-bond acceptors (Lipinski definition) is 2. The zero-order valence-corrected chi connectivity index (χ0v) is 16.0. The molecule has 1 saturated carbocycles. The lowest BCUT2D eigenvalue weighted by Crippen LogP contribution is -3.28. The van der Waals surface area contributed by atoms with E-state index in [1.165, 1.54) is 42.6 Å². The van der Waals surface area contributed by atoms with Crippen molar-refractivity contribution in [2.75, 3.05) is 39.8 Å². The lowest BCUT2D eigenvalue weighted by Gasteiger charge is -2.33. The minimum absolute atomic E-state index is 0.322. The van der Waals surface area contributed by atoms with Crippen LogP contribution in [0.5, 0.6) is 0 Å². The smallest absolute Gasteiger partial charge is 0.277 e. The molecule has 1 aromatic rings. The molecule has 1 aliphatic carbocycles. The van der Waals surface area contributed by atoms with Crippen LogP contribution >= 0.6 is 0 Å². The molecule has 5 heteroatoms. The van der Waals surface area contributed by atoms with E-state index < -0.39 is 0 Å². The number of likely N-dealkylation sites (N-methyl/N-ethyl adjacent to an activating group) is 1. The van der Waals surface area contributed by atoms with Crippen molar-refractivity contribution in [3.05, 3.63) is 35.4 Å². The van der Waals surface area contributed by atoms with E-state index in [1.54, 1.807) is 4.90 Å². The monoisotopic (exact) mass is 356 g/mol. The third-order valence-electron chi connectivity index (χ3n) is 6.12. The number of quaternary nitrogens is 2. The number of carbonyl (C=O) groups excluding carboxylic acids is 1. The SMILES string of the molecule is CN(C(=O)C[NH+]1CC[NH+](Cc2ccc(C#N)cc2)CC1)C1CCCCC1. The van der Waals surface area contributed by atoms with Crippen molar-refractivity contribution in [3.63, 3.8) is 0 Å². The average Bonchev–Trinajstić information content (AvgIpc) is 2.70. The molecule has 1 saturated heterocycles. The molecule has 140 valence electrons. The van der Waals surface area contributed by atoms with Gasteiger partial charge in [-0.3, -0.25) is 4.79 Å². The molecule has 26 heavy (non-hydrogen) atoms. The number of hydrogen-bond donors (Lipinski definition) is 2. The average molecular weight is 357 g/mol. The third-order valence-corrected chi connectivity index (χ3v) is 6.12. The lowest BCUT2D eigenvalue weighted by atomic mass is 9.94. The van der Waals surface area contributed by atoms with Crippen LogP contribution < -0.4 is 9.80 Å². The van der Waals surface area contributed by atoms with Gasteiger partial charge in [-0.2, -0.15) is 5.26 Å². The highest BCUT2D eigenvalue weighted by atomic mass is 16.2. The van der Waals surface area contributed by atoms with Gasteiger partial charge in [0.15, 0.2) is 6.54 Å². The molecule has 1 heterocycles. The highest BCUT2D eigenvalue weighted by Crippen LogP contribution is 2.21. The molecule has 0 aromatic heterocycles. The number of carbonyl (C=O) groups is 1. The van der Waals surface area contributed by atoms with Gasteiger partial charge in [0.25, 0.3) is 5.91 Å². The van der Waals surface area contributed by atoms with Crippen LogP contribution in [-0.4, -0.2) is 56.6 Å². The van der Waals surface area contributed by atoms with E-state index >= 15 is 0 Å². The maximum absolute atomic E-state index is 12.6. The first-order chi connectivity index (χ1) is 12.7. The first-order valence-corrected chi connectivity index (χ1v) is 10.1. The van der Waals surface area contributed by atoms with E-state index in [-0.39, 0.29) is 0 Å². The fraction of sp³-hybridized carbons (Fsp3) is 0.619. The number of rotatable bonds is 5. The number of nitrogens with zero attached hydrogens (tertiary/aromatic N) is 2. The highest BCUT2D eigenvalue weighted by molar-refractivity contribution is 5.77. The molecule has 0 bridgehead atoms. The number of benzene rings is 1. The van der Waals surface area contributed by atoms with Gasteiger partial charge in [-0.05, 0) is 25.0 Å². The molecule has 1 amide bonds. The molecule has 2 aliphatic rings. The van der Waals surface area contributed by atoms with Gasteiger partial charge in [0.2, 0.25) is 0 Å². The van der Waals surface area contributed by atoms with Crippen LogP contribution in [0.1, 0.15) is 43.2 Å². The van der Waals surface area contributed by atoms with Crippen LogP contribution in [-0.2, 0) is 11.3 Å². The Morgan fingerprint density at radius 1 is 1.08 bits per heavy atom. The van der Waals surface area contributed by atoms with Gasteiger partial charge in [0.1, 0.15) is 32.7 Å². The Bertz CT molecular complexity index is 622. The van der Waals surface area contributed by atoms with Gasteiger partial charge >= 0.3 is 0 Å². The first kappa shape index (κ1) is 18.9. The molecule has 3 rings (SSSR count). The first-order valence-electron chi connectivity index (χ1n) is 10.1. The summed E-state index contributed by atoms with van der Waals surface area (Å²) in [7, 11) is 2.00. The minimum atomic E-state index is 0.322. The lowest BCUT2D eigenvalue weighted by molar-refractivity contribution is -1.02. The summed E-state index contributed by atoms with van der Waals surface area (Å²) in [6, 6.07) is 10.6. The van der Waals surface area contributed by atoms with Crippen LogP contribution in [0.4, 0.5) is 0 Å². The maximum Gasteiger partial charge on any atom is 0.277 e. The largest absolute Gasteiger partial charge is 0.338 e. The van der Waals surface area contributed by atoms with Crippen molar-refractivity contribution in [1.29, 1.82) is 5.26 Å². The molecule has 2 N–H and O–H groups in total. The standard InChI is InChI=1S/C21H30N4O/c1-23(20-5-3-2-4-6-20)21(26)17-25-13-11-24(12-14-25)16-19-9-7-18(15-22)8-10-19/h7-10,20H,2-6,11-14,16-17H2,1H3/p+2. The van der Waals surface area contributed by atoms with Gasteiger partial charge < -0.3 is 14.7 Å². The van der Waals surface area contributed by atoms with Crippen molar-refractivity contribution < 1.29 is 14.6 Å². The Kier molecular flexibility index (Phi) is 6.65. The van der Waals surface area contributed by atoms with Crippen LogP contribution in [0, 0.1) is 11.3 Å². The molecule has 1 aliphatic heterocycles. The molecule has 1 aromatic carbocycles. The fourth-order valence-corrected chi connectivity index (χ4v) is 4.31. The van der Waals surface area contributed by atoms with Gasteiger partial charge in [0.05, 0.1) is 11.6 Å². The zero-order valence-electron chi connectivity index (χ0n) is 16.0. The Morgan fingerprint density at radius 2 is 1.69 bits per heavy atom. The van der Waals surface area contributed by atoms with Gasteiger partial charge in [-0.1, -0.05) is 31.4 Å². The normalized spacial score (nSPS) is 24.0. The molecular weight excluding hydrogens is 324 g/mol.